The number of anilines is 1. The first kappa shape index (κ1) is 25.1. The van der Waals surface area contributed by atoms with Crippen molar-refractivity contribution in [2.75, 3.05) is 18.0 Å². The lowest BCUT2D eigenvalue weighted by Crippen LogP contribution is -2.46. The van der Waals surface area contributed by atoms with Crippen LogP contribution in [0.2, 0.25) is 5.02 Å². The van der Waals surface area contributed by atoms with Gasteiger partial charge in [0.25, 0.3) is 5.91 Å². The van der Waals surface area contributed by atoms with E-state index in [-0.39, 0.29) is 17.9 Å². The summed E-state index contributed by atoms with van der Waals surface area (Å²) in [5.41, 5.74) is -1.24. The third-order valence-corrected chi connectivity index (χ3v) is 4.65. The fourth-order valence-electron chi connectivity index (χ4n) is 2.67. The summed E-state index contributed by atoms with van der Waals surface area (Å²) in [5.74, 6) is -0.600. The smallest absolute Gasteiger partial charge is 0.423 e. The summed E-state index contributed by atoms with van der Waals surface area (Å²) >= 11 is 9.26. The van der Waals surface area contributed by atoms with E-state index in [1.807, 2.05) is 0 Å². The summed E-state index contributed by atoms with van der Waals surface area (Å²) in [6.07, 6.45) is 2.06. The first-order valence-corrected chi connectivity index (χ1v) is 10.9. The number of aromatic nitrogens is 1. The number of pyridine rings is 1. The molecule has 1 aromatic heterocycles. The molecule has 31 heavy (non-hydrogen) atoms. The van der Waals surface area contributed by atoms with Crippen molar-refractivity contribution in [3.8, 4) is 0 Å². The van der Waals surface area contributed by atoms with Crippen molar-refractivity contribution >= 4 is 51.4 Å². The van der Waals surface area contributed by atoms with Crippen LogP contribution in [0.4, 0.5) is 15.4 Å². The Balaban J connectivity index is 2.35. The zero-order chi connectivity index (χ0) is 23.6. The summed E-state index contributed by atoms with van der Waals surface area (Å²) in [7, 11) is 0. The number of nitrogens with zero attached hydrogens (tertiary/aromatic N) is 3. The molecule has 0 radical (unpaired) electrons. The van der Waals surface area contributed by atoms with E-state index in [1.54, 1.807) is 47.6 Å². The molecule has 0 bridgehead atoms. The minimum absolute atomic E-state index is 0.00173. The number of rotatable bonds is 2. The molecule has 0 aromatic carbocycles. The van der Waals surface area contributed by atoms with Crippen LogP contribution in [0.3, 0.4) is 0 Å². The van der Waals surface area contributed by atoms with Gasteiger partial charge in [-0.3, -0.25) is 4.79 Å². The Morgan fingerprint density at radius 3 is 2.29 bits per heavy atom. The van der Waals surface area contributed by atoms with Crippen molar-refractivity contribution in [1.82, 2.24) is 9.88 Å². The zero-order valence-electron chi connectivity index (χ0n) is 18.5. The molecule has 0 spiro atoms. The number of carbonyl (C=O) groups excluding carboxylic acids is 3. The van der Waals surface area contributed by atoms with Gasteiger partial charge in [0.2, 0.25) is 0 Å². The van der Waals surface area contributed by atoms with Crippen molar-refractivity contribution in [2.45, 2.75) is 59.2 Å². The van der Waals surface area contributed by atoms with E-state index in [0.717, 1.165) is 4.90 Å². The van der Waals surface area contributed by atoms with Gasteiger partial charge in [-0.05, 0) is 70.0 Å². The Labute approximate surface area is 195 Å². The van der Waals surface area contributed by atoms with Gasteiger partial charge in [0.15, 0.2) is 5.82 Å². The van der Waals surface area contributed by atoms with Crippen LogP contribution in [0, 0.1) is 0 Å². The first-order chi connectivity index (χ1) is 14.2. The molecule has 0 atom stereocenters. The zero-order valence-corrected chi connectivity index (χ0v) is 20.8. The molecule has 0 aliphatic carbocycles. The molecular formula is C21H27BrClN3O5. The maximum atomic E-state index is 13.4. The van der Waals surface area contributed by atoms with E-state index >= 15 is 0 Å². The van der Waals surface area contributed by atoms with Crippen LogP contribution in [0.1, 0.15) is 48.0 Å². The molecule has 0 fully saturated rings. The van der Waals surface area contributed by atoms with E-state index in [9.17, 15) is 14.4 Å². The van der Waals surface area contributed by atoms with Crippen LogP contribution in [-0.2, 0) is 14.3 Å². The number of hydrogen-bond acceptors (Lipinski definition) is 6. The molecule has 1 aliphatic rings. The van der Waals surface area contributed by atoms with Crippen LogP contribution in [-0.4, -0.2) is 52.3 Å². The Morgan fingerprint density at radius 2 is 1.74 bits per heavy atom. The molecule has 2 heterocycles. The second kappa shape index (κ2) is 9.56. The molecule has 0 unspecified atom stereocenters. The number of imide groups is 1. The highest BCUT2D eigenvalue weighted by atomic mass is 79.9. The fourth-order valence-corrected chi connectivity index (χ4v) is 3.49. The largest absolute Gasteiger partial charge is 0.444 e. The maximum Gasteiger partial charge on any atom is 0.423 e. The summed E-state index contributed by atoms with van der Waals surface area (Å²) in [6, 6.07) is 1.52. The maximum absolute atomic E-state index is 13.4. The van der Waals surface area contributed by atoms with Gasteiger partial charge in [0.1, 0.15) is 11.2 Å². The van der Waals surface area contributed by atoms with E-state index in [4.69, 9.17) is 21.1 Å². The third-order valence-electron chi connectivity index (χ3n) is 3.86. The topological polar surface area (TPSA) is 89.0 Å². The predicted octanol–water partition coefficient (Wildman–Crippen LogP) is 5.33. The van der Waals surface area contributed by atoms with E-state index < -0.39 is 29.3 Å². The summed E-state index contributed by atoms with van der Waals surface area (Å²) in [5, 5.41) is 0.334. The van der Waals surface area contributed by atoms with Gasteiger partial charge in [0.05, 0.1) is 16.0 Å². The molecule has 2 rings (SSSR count). The molecule has 3 amide bonds. The third kappa shape index (κ3) is 7.21. The molecule has 0 saturated heterocycles. The van der Waals surface area contributed by atoms with Crippen molar-refractivity contribution in [3.05, 3.63) is 33.4 Å². The number of halogens is 2. The van der Waals surface area contributed by atoms with Crippen molar-refractivity contribution in [1.29, 1.82) is 0 Å². The Bertz CT molecular complexity index is 905. The van der Waals surface area contributed by atoms with E-state index in [2.05, 4.69) is 20.9 Å². The van der Waals surface area contributed by atoms with Gasteiger partial charge in [-0.25, -0.2) is 14.6 Å². The molecule has 8 nitrogen and oxygen atoms in total. The SMILES string of the molecule is CC(C)(C)OC(=O)N1CCC=C(C(=O)N(C(=O)OC(C)(C)C)c2ncc(Cl)cc2Br)C1. The second-order valence-corrected chi connectivity index (χ2v) is 10.3. The quantitative estimate of drug-likeness (QED) is 0.528. The van der Waals surface area contributed by atoms with Gasteiger partial charge >= 0.3 is 12.2 Å². The first-order valence-electron chi connectivity index (χ1n) is 9.73. The summed E-state index contributed by atoms with van der Waals surface area (Å²) < 4.78 is 11.2. The average molecular weight is 517 g/mol. The molecule has 1 aliphatic heterocycles. The highest BCUT2D eigenvalue weighted by Crippen LogP contribution is 2.30. The molecule has 0 N–H and O–H groups in total. The molecule has 1 aromatic rings. The Kier molecular flexibility index (Phi) is 7.75. The highest BCUT2D eigenvalue weighted by Gasteiger charge is 2.35. The van der Waals surface area contributed by atoms with Gasteiger partial charge in [0, 0.05) is 18.3 Å². The standard InChI is InChI=1S/C21H27BrClN3O5/c1-20(2,3)30-18(28)25-9-7-8-13(12-25)17(27)26(19(29)31-21(4,5)6)16-15(22)10-14(23)11-24-16/h8,10-11H,7,9,12H2,1-6H3. The fraction of sp³-hybridized carbons (Fsp3) is 0.524. The van der Waals surface area contributed by atoms with Crippen LogP contribution in [0.5, 0.6) is 0 Å². The predicted molar refractivity (Wildman–Crippen MR) is 121 cm³/mol. The number of amides is 3. The van der Waals surface area contributed by atoms with E-state index in [0.29, 0.717) is 22.5 Å². The molecule has 0 saturated carbocycles. The summed E-state index contributed by atoms with van der Waals surface area (Å²) in [6.45, 7) is 10.8. The van der Waals surface area contributed by atoms with Crippen LogP contribution in [0.15, 0.2) is 28.4 Å². The van der Waals surface area contributed by atoms with Crippen molar-refractivity contribution in [3.63, 3.8) is 0 Å². The van der Waals surface area contributed by atoms with Crippen molar-refractivity contribution in [2.24, 2.45) is 0 Å². The number of hydrogen-bond donors (Lipinski definition) is 0. The van der Waals surface area contributed by atoms with Gasteiger partial charge < -0.3 is 14.4 Å². The lowest BCUT2D eigenvalue weighted by atomic mass is 10.1. The second-order valence-electron chi connectivity index (χ2n) is 9.00. The van der Waals surface area contributed by atoms with Crippen LogP contribution < -0.4 is 4.90 Å². The number of ether oxygens (including phenoxy) is 2. The van der Waals surface area contributed by atoms with Crippen molar-refractivity contribution < 1.29 is 23.9 Å². The van der Waals surface area contributed by atoms with Crippen LogP contribution >= 0.6 is 27.5 Å². The normalized spacial score (nSPS) is 14.6. The lowest BCUT2D eigenvalue weighted by Gasteiger charge is -2.31. The highest BCUT2D eigenvalue weighted by molar-refractivity contribution is 9.10. The lowest BCUT2D eigenvalue weighted by molar-refractivity contribution is -0.115. The minimum atomic E-state index is -0.886. The van der Waals surface area contributed by atoms with Gasteiger partial charge in [-0.2, -0.15) is 4.90 Å². The number of carbonyl (C=O) groups is 3. The Morgan fingerprint density at radius 1 is 1.13 bits per heavy atom. The van der Waals surface area contributed by atoms with Gasteiger partial charge in [-0.1, -0.05) is 17.7 Å². The minimum Gasteiger partial charge on any atom is -0.444 e. The van der Waals surface area contributed by atoms with E-state index in [1.165, 1.54) is 17.2 Å². The van der Waals surface area contributed by atoms with Gasteiger partial charge in [-0.15, -0.1) is 0 Å². The van der Waals surface area contributed by atoms with Crippen LogP contribution in [0.25, 0.3) is 0 Å². The monoisotopic (exact) mass is 515 g/mol. The molecule has 170 valence electrons. The molecular weight excluding hydrogens is 490 g/mol. The Hall–Kier alpha value is -2.13. The summed E-state index contributed by atoms with van der Waals surface area (Å²) in [4.78, 5) is 45.2. The molecule has 10 heteroatoms. The average Bonchev–Trinajstić information content (AvgIpc) is 2.61.